The van der Waals surface area contributed by atoms with E-state index >= 15 is 0 Å². The van der Waals surface area contributed by atoms with E-state index in [9.17, 15) is 4.79 Å². The highest BCUT2D eigenvalue weighted by Crippen LogP contribution is 2.24. The van der Waals surface area contributed by atoms with Crippen molar-refractivity contribution in [2.45, 2.75) is 52.0 Å². The number of benzene rings is 1. The van der Waals surface area contributed by atoms with Crippen LogP contribution < -0.4 is 0 Å². The van der Waals surface area contributed by atoms with Crippen LogP contribution in [0, 0.1) is 0 Å². The van der Waals surface area contributed by atoms with Crippen LogP contribution >= 0.6 is 0 Å². The molecule has 1 amide bonds. The van der Waals surface area contributed by atoms with Gasteiger partial charge in [0.05, 0.1) is 0 Å². The van der Waals surface area contributed by atoms with Crippen LogP contribution in [0.15, 0.2) is 24.3 Å². The molecule has 0 radical (unpaired) electrons. The molecule has 0 spiro atoms. The number of hydrogen-bond acceptors (Lipinski definition) is 1. The van der Waals surface area contributed by atoms with Gasteiger partial charge in [0.25, 0.3) is 5.91 Å². The predicted octanol–water partition coefficient (Wildman–Crippen LogP) is 3.61. The zero-order chi connectivity index (χ0) is 13.3. The van der Waals surface area contributed by atoms with Gasteiger partial charge in [0.2, 0.25) is 0 Å². The fourth-order valence-electron chi connectivity index (χ4n) is 2.51. The van der Waals surface area contributed by atoms with Gasteiger partial charge in [-0.25, -0.2) is 0 Å². The van der Waals surface area contributed by atoms with Gasteiger partial charge in [-0.1, -0.05) is 32.9 Å². The van der Waals surface area contributed by atoms with Gasteiger partial charge in [0.15, 0.2) is 0 Å². The summed E-state index contributed by atoms with van der Waals surface area (Å²) < 4.78 is 0. The largest absolute Gasteiger partial charge is 0.336 e. The van der Waals surface area contributed by atoms with Crippen LogP contribution in [0.4, 0.5) is 0 Å². The van der Waals surface area contributed by atoms with Gasteiger partial charge in [0, 0.05) is 18.2 Å². The van der Waals surface area contributed by atoms with E-state index in [2.05, 4.69) is 39.8 Å². The van der Waals surface area contributed by atoms with Gasteiger partial charge in [-0.3, -0.25) is 4.79 Å². The fourth-order valence-corrected chi connectivity index (χ4v) is 2.51. The molecule has 1 aromatic carbocycles. The number of rotatable bonds is 1. The summed E-state index contributed by atoms with van der Waals surface area (Å²) in [4.78, 5) is 14.3. The minimum absolute atomic E-state index is 0.141. The Morgan fingerprint density at radius 1 is 1.22 bits per heavy atom. The summed E-state index contributed by atoms with van der Waals surface area (Å²) in [5.74, 6) is 0.181. The lowest BCUT2D eigenvalue weighted by atomic mass is 9.86. The molecule has 1 aliphatic heterocycles. The minimum Gasteiger partial charge on any atom is -0.336 e. The molecule has 1 unspecified atom stereocenters. The first-order valence-corrected chi connectivity index (χ1v) is 6.81. The number of carbonyl (C=O) groups is 1. The van der Waals surface area contributed by atoms with Gasteiger partial charge in [-0.15, -0.1) is 0 Å². The monoisotopic (exact) mass is 245 g/mol. The van der Waals surface area contributed by atoms with Gasteiger partial charge >= 0.3 is 0 Å². The maximum Gasteiger partial charge on any atom is 0.254 e. The quantitative estimate of drug-likeness (QED) is 0.740. The van der Waals surface area contributed by atoms with Crippen LogP contribution in [0.5, 0.6) is 0 Å². The molecular weight excluding hydrogens is 222 g/mol. The van der Waals surface area contributed by atoms with Crippen molar-refractivity contribution in [3.05, 3.63) is 35.4 Å². The Hall–Kier alpha value is -1.31. The van der Waals surface area contributed by atoms with Crippen LogP contribution in [0.2, 0.25) is 0 Å². The first-order valence-electron chi connectivity index (χ1n) is 6.81. The van der Waals surface area contributed by atoms with E-state index in [1.54, 1.807) is 0 Å². The molecule has 0 N–H and O–H groups in total. The molecule has 1 heterocycles. The van der Waals surface area contributed by atoms with E-state index in [1.807, 2.05) is 17.0 Å². The molecule has 0 aromatic heterocycles. The van der Waals surface area contributed by atoms with E-state index in [0.29, 0.717) is 6.04 Å². The average Bonchev–Trinajstić information content (AvgIpc) is 2.73. The van der Waals surface area contributed by atoms with Crippen molar-refractivity contribution in [2.24, 2.45) is 0 Å². The molecule has 2 nitrogen and oxygen atoms in total. The third-order valence-electron chi connectivity index (χ3n) is 3.81. The summed E-state index contributed by atoms with van der Waals surface area (Å²) in [6.07, 6.45) is 2.26. The van der Waals surface area contributed by atoms with Crippen LogP contribution in [0.3, 0.4) is 0 Å². The Balaban J connectivity index is 2.17. The number of carbonyl (C=O) groups excluding carboxylic acids is 1. The Morgan fingerprint density at radius 2 is 1.83 bits per heavy atom. The van der Waals surface area contributed by atoms with Crippen molar-refractivity contribution in [1.29, 1.82) is 0 Å². The maximum atomic E-state index is 12.3. The van der Waals surface area contributed by atoms with Crippen molar-refractivity contribution >= 4 is 5.91 Å². The van der Waals surface area contributed by atoms with Crippen molar-refractivity contribution in [3.8, 4) is 0 Å². The molecule has 1 saturated heterocycles. The molecule has 0 saturated carbocycles. The summed E-state index contributed by atoms with van der Waals surface area (Å²) in [6, 6.07) is 8.48. The van der Waals surface area contributed by atoms with Crippen LogP contribution in [0.25, 0.3) is 0 Å². The van der Waals surface area contributed by atoms with Gasteiger partial charge in [0.1, 0.15) is 0 Å². The third-order valence-corrected chi connectivity index (χ3v) is 3.81. The lowest BCUT2D eigenvalue weighted by Crippen LogP contribution is -2.33. The maximum absolute atomic E-state index is 12.3. The standard InChI is InChI=1S/C16H23NO/c1-12-6-5-11-17(12)15(18)13-7-9-14(10-8-13)16(2,3)4/h7-10,12H,5-6,11H2,1-4H3. The molecule has 2 rings (SSSR count). The molecular formula is C16H23NO. The van der Waals surface area contributed by atoms with Crippen LogP contribution in [-0.2, 0) is 5.41 Å². The van der Waals surface area contributed by atoms with Gasteiger partial charge in [-0.05, 0) is 42.9 Å². The molecule has 1 aromatic rings. The second-order valence-corrected chi connectivity index (χ2v) is 6.32. The number of likely N-dealkylation sites (tertiary alicyclic amines) is 1. The van der Waals surface area contributed by atoms with Crippen molar-refractivity contribution < 1.29 is 4.79 Å². The van der Waals surface area contributed by atoms with E-state index < -0.39 is 0 Å². The lowest BCUT2D eigenvalue weighted by molar-refractivity contribution is 0.0747. The Bertz CT molecular complexity index is 427. The summed E-state index contributed by atoms with van der Waals surface area (Å²) in [5.41, 5.74) is 2.23. The van der Waals surface area contributed by atoms with Crippen molar-refractivity contribution in [3.63, 3.8) is 0 Å². The second kappa shape index (κ2) is 4.75. The van der Waals surface area contributed by atoms with Crippen LogP contribution in [-0.4, -0.2) is 23.4 Å². The number of nitrogens with zero attached hydrogens (tertiary/aromatic N) is 1. The number of amides is 1. The molecule has 2 heteroatoms. The first kappa shape index (κ1) is 13.1. The lowest BCUT2D eigenvalue weighted by Gasteiger charge is -2.23. The van der Waals surface area contributed by atoms with Gasteiger partial charge < -0.3 is 4.90 Å². The van der Waals surface area contributed by atoms with Crippen molar-refractivity contribution in [2.75, 3.05) is 6.54 Å². The summed E-state index contributed by atoms with van der Waals surface area (Å²) in [5, 5.41) is 0. The fraction of sp³-hybridized carbons (Fsp3) is 0.562. The van der Waals surface area contributed by atoms with Gasteiger partial charge in [-0.2, -0.15) is 0 Å². The highest BCUT2D eigenvalue weighted by atomic mass is 16.2. The molecule has 98 valence electrons. The van der Waals surface area contributed by atoms with Crippen LogP contribution in [0.1, 0.15) is 56.5 Å². The zero-order valence-corrected chi connectivity index (χ0v) is 11.9. The SMILES string of the molecule is CC1CCCN1C(=O)c1ccc(C(C)(C)C)cc1. The molecule has 1 aliphatic rings. The minimum atomic E-state index is 0.141. The topological polar surface area (TPSA) is 20.3 Å². The Kier molecular flexibility index (Phi) is 3.47. The second-order valence-electron chi connectivity index (χ2n) is 6.32. The van der Waals surface area contributed by atoms with E-state index in [4.69, 9.17) is 0 Å². The first-order chi connectivity index (χ1) is 8.39. The Morgan fingerprint density at radius 3 is 2.28 bits per heavy atom. The molecule has 18 heavy (non-hydrogen) atoms. The smallest absolute Gasteiger partial charge is 0.254 e. The normalized spacial score (nSPS) is 20.2. The van der Waals surface area contributed by atoms with E-state index in [1.165, 1.54) is 5.56 Å². The zero-order valence-electron chi connectivity index (χ0n) is 11.9. The van der Waals surface area contributed by atoms with Crippen molar-refractivity contribution in [1.82, 2.24) is 4.90 Å². The molecule has 0 aliphatic carbocycles. The predicted molar refractivity (Wildman–Crippen MR) is 74.9 cm³/mol. The summed E-state index contributed by atoms with van der Waals surface area (Å²) in [6.45, 7) is 9.60. The summed E-state index contributed by atoms with van der Waals surface area (Å²) in [7, 11) is 0. The third kappa shape index (κ3) is 2.58. The number of hydrogen-bond donors (Lipinski definition) is 0. The Labute approximate surface area is 110 Å². The van der Waals surface area contributed by atoms with E-state index in [-0.39, 0.29) is 11.3 Å². The van der Waals surface area contributed by atoms with E-state index in [0.717, 1.165) is 24.9 Å². The molecule has 1 fully saturated rings. The highest BCUT2D eigenvalue weighted by Gasteiger charge is 2.26. The molecule has 1 atom stereocenters. The average molecular weight is 245 g/mol. The summed E-state index contributed by atoms with van der Waals surface area (Å²) >= 11 is 0. The molecule has 0 bridgehead atoms. The highest BCUT2D eigenvalue weighted by molar-refractivity contribution is 5.94.